The predicted octanol–water partition coefficient (Wildman–Crippen LogP) is 3.83. The molecule has 4 heteroatoms. The Bertz CT molecular complexity index is 818. The van der Waals surface area contributed by atoms with Crippen molar-refractivity contribution in [3.8, 4) is 16.3 Å². The molecular formula is C17H16N2OS. The van der Waals surface area contributed by atoms with Crippen LogP contribution in [0.5, 0.6) is 0 Å². The fourth-order valence-electron chi connectivity index (χ4n) is 2.29. The second kappa shape index (κ2) is 5.66. The van der Waals surface area contributed by atoms with E-state index in [0.717, 1.165) is 28.4 Å². The van der Waals surface area contributed by atoms with Gasteiger partial charge in [-0.2, -0.15) is 0 Å². The number of aromatic nitrogens is 2. The monoisotopic (exact) mass is 296 g/mol. The standard InChI is InChI=1S/C17H16N2OS/c1-3-15-12(2)18-17(21-15)19-10-9-14(11-16(19)20)13-7-5-4-6-8-13/h4-11H,3H2,1-2H3. The molecule has 2 aromatic heterocycles. The van der Waals surface area contributed by atoms with E-state index in [-0.39, 0.29) is 5.56 Å². The van der Waals surface area contributed by atoms with E-state index in [0.29, 0.717) is 0 Å². The minimum atomic E-state index is -0.0484. The maximum absolute atomic E-state index is 12.4. The number of pyridine rings is 1. The molecule has 0 saturated heterocycles. The molecule has 0 N–H and O–H groups in total. The first-order valence-electron chi connectivity index (χ1n) is 6.94. The van der Waals surface area contributed by atoms with Crippen molar-refractivity contribution in [3.05, 3.63) is 69.6 Å². The summed E-state index contributed by atoms with van der Waals surface area (Å²) in [5.74, 6) is 0. The first-order chi connectivity index (χ1) is 10.2. The minimum Gasteiger partial charge on any atom is -0.269 e. The molecule has 3 nitrogen and oxygen atoms in total. The van der Waals surface area contributed by atoms with Crippen molar-refractivity contribution in [1.29, 1.82) is 0 Å². The van der Waals surface area contributed by atoms with Gasteiger partial charge in [-0.1, -0.05) is 37.3 Å². The maximum atomic E-state index is 12.4. The van der Waals surface area contributed by atoms with Crippen LogP contribution in [0.4, 0.5) is 0 Å². The lowest BCUT2D eigenvalue weighted by Crippen LogP contribution is -2.16. The number of hydrogen-bond acceptors (Lipinski definition) is 3. The van der Waals surface area contributed by atoms with Gasteiger partial charge in [0, 0.05) is 17.1 Å². The highest BCUT2D eigenvalue weighted by Crippen LogP contribution is 2.22. The van der Waals surface area contributed by atoms with Gasteiger partial charge in [-0.25, -0.2) is 4.98 Å². The van der Waals surface area contributed by atoms with Crippen LogP contribution < -0.4 is 5.56 Å². The van der Waals surface area contributed by atoms with Crippen LogP contribution in [0.1, 0.15) is 17.5 Å². The highest BCUT2D eigenvalue weighted by molar-refractivity contribution is 7.14. The van der Waals surface area contributed by atoms with Gasteiger partial charge in [0.1, 0.15) is 0 Å². The Morgan fingerprint density at radius 1 is 1.14 bits per heavy atom. The molecule has 0 aliphatic heterocycles. The van der Waals surface area contributed by atoms with Crippen molar-refractivity contribution >= 4 is 11.3 Å². The number of benzene rings is 1. The molecular weight excluding hydrogens is 280 g/mol. The maximum Gasteiger partial charge on any atom is 0.257 e. The third kappa shape index (κ3) is 2.67. The molecule has 0 fully saturated rings. The summed E-state index contributed by atoms with van der Waals surface area (Å²) >= 11 is 1.58. The average molecular weight is 296 g/mol. The van der Waals surface area contributed by atoms with Crippen LogP contribution >= 0.6 is 11.3 Å². The molecule has 3 rings (SSSR count). The van der Waals surface area contributed by atoms with E-state index in [2.05, 4.69) is 11.9 Å². The van der Waals surface area contributed by atoms with E-state index < -0.39 is 0 Å². The zero-order chi connectivity index (χ0) is 14.8. The molecule has 106 valence electrons. The Labute approximate surface area is 127 Å². The van der Waals surface area contributed by atoms with E-state index in [1.165, 1.54) is 4.88 Å². The molecule has 0 bridgehead atoms. The number of aryl methyl sites for hydroxylation is 2. The van der Waals surface area contributed by atoms with Crippen molar-refractivity contribution in [1.82, 2.24) is 9.55 Å². The SMILES string of the molecule is CCc1sc(-n2ccc(-c3ccccc3)cc2=O)nc1C. The topological polar surface area (TPSA) is 34.9 Å². The fourth-order valence-corrected chi connectivity index (χ4v) is 3.28. The molecule has 0 atom stereocenters. The molecule has 1 aromatic carbocycles. The van der Waals surface area contributed by atoms with Gasteiger partial charge in [-0.3, -0.25) is 9.36 Å². The van der Waals surface area contributed by atoms with Gasteiger partial charge >= 0.3 is 0 Å². The van der Waals surface area contributed by atoms with Crippen LogP contribution in [-0.2, 0) is 6.42 Å². The predicted molar refractivity (Wildman–Crippen MR) is 87.3 cm³/mol. The van der Waals surface area contributed by atoms with Crippen molar-refractivity contribution in [2.75, 3.05) is 0 Å². The summed E-state index contributed by atoms with van der Waals surface area (Å²) in [6.45, 7) is 4.09. The molecule has 0 saturated carbocycles. The van der Waals surface area contributed by atoms with Crippen molar-refractivity contribution in [3.63, 3.8) is 0 Å². The zero-order valence-electron chi connectivity index (χ0n) is 12.0. The van der Waals surface area contributed by atoms with E-state index in [4.69, 9.17) is 0 Å². The van der Waals surface area contributed by atoms with Crippen molar-refractivity contribution in [2.24, 2.45) is 0 Å². The van der Waals surface area contributed by atoms with Gasteiger partial charge in [-0.15, -0.1) is 11.3 Å². The minimum absolute atomic E-state index is 0.0484. The summed E-state index contributed by atoms with van der Waals surface area (Å²) in [5, 5.41) is 0.744. The largest absolute Gasteiger partial charge is 0.269 e. The normalized spacial score (nSPS) is 10.8. The quantitative estimate of drug-likeness (QED) is 0.736. The van der Waals surface area contributed by atoms with Gasteiger partial charge in [0.25, 0.3) is 5.56 Å². The first kappa shape index (κ1) is 13.8. The van der Waals surface area contributed by atoms with Crippen molar-refractivity contribution < 1.29 is 0 Å². The van der Waals surface area contributed by atoms with Crippen LogP contribution in [0.15, 0.2) is 53.5 Å². The zero-order valence-corrected chi connectivity index (χ0v) is 12.9. The summed E-state index contributed by atoms with van der Waals surface area (Å²) in [6, 6.07) is 13.5. The summed E-state index contributed by atoms with van der Waals surface area (Å²) < 4.78 is 1.61. The lowest BCUT2D eigenvalue weighted by atomic mass is 10.1. The van der Waals surface area contributed by atoms with Gasteiger partial charge in [0.2, 0.25) is 0 Å². The lowest BCUT2D eigenvalue weighted by molar-refractivity contribution is 0.961. The van der Waals surface area contributed by atoms with E-state index in [1.807, 2.05) is 49.5 Å². The highest BCUT2D eigenvalue weighted by Gasteiger charge is 2.09. The summed E-state index contributed by atoms with van der Waals surface area (Å²) in [4.78, 5) is 18.1. The Kier molecular flexibility index (Phi) is 3.71. The van der Waals surface area contributed by atoms with Gasteiger partial charge in [0.15, 0.2) is 5.13 Å². The summed E-state index contributed by atoms with van der Waals surface area (Å²) in [5.41, 5.74) is 2.94. The number of thiazole rings is 1. The van der Waals surface area contributed by atoms with Gasteiger partial charge < -0.3 is 0 Å². The van der Waals surface area contributed by atoms with Crippen LogP contribution in [-0.4, -0.2) is 9.55 Å². The van der Waals surface area contributed by atoms with Crippen molar-refractivity contribution in [2.45, 2.75) is 20.3 Å². The molecule has 3 aromatic rings. The summed E-state index contributed by atoms with van der Waals surface area (Å²) in [7, 11) is 0. The molecule has 21 heavy (non-hydrogen) atoms. The van der Waals surface area contributed by atoms with E-state index in [9.17, 15) is 4.79 Å². The number of hydrogen-bond donors (Lipinski definition) is 0. The Hall–Kier alpha value is -2.20. The average Bonchev–Trinajstić information content (AvgIpc) is 2.89. The molecule has 0 unspecified atom stereocenters. The Morgan fingerprint density at radius 2 is 1.90 bits per heavy atom. The molecule has 0 radical (unpaired) electrons. The van der Waals surface area contributed by atoms with Gasteiger partial charge in [0.05, 0.1) is 5.69 Å². The third-order valence-electron chi connectivity index (χ3n) is 3.44. The summed E-state index contributed by atoms with van der Waals surface area (Å²) in [6.07, 6.45) is 2.75. The second-order valence-electron chi connectivity index (χ2n) is 4.85. The van der Waals surface area contributed by atoms with E-state index >= 15 is 0 Å². The van der Waals surface area contributed by atoms with Crippen LogP contribution in [0, 0.1) is 6.92 Å². The number of nitrogens with zero attached hydrogens (tertiary/aromatic N) is 2. The molecule has 2 heterocycles. The van der Waals surface area contributed by atoms with Crippen LogP contribution in [0.2, 0.25) is 0 Å². The Morgan fingerprint density at radius 3 is 2.52 bits per heavy atom. The fraction of sp³-hybridized carbons (Fsp3) is 0.176. The molecule has 0 aliphatic rings. The molecule has 0 amide bonds. The van der Waals surface area contributed by atoms with Gasteiger partial charge in [-0.05, 0) is 30.5 Å². The van der Waals surface area contributed by atoms with E-state index in [1.54, 1.807) is 22.0 Å². The highest BCUT2D eigenvalue weighted by atomic mass is 32.1. The first-order valence-corrected chi connectivity index (χ1v) is 7.75. The van der Waals surface area contributed by atoms with Crippen LogP contribution in [0.3, 0.4) is 0 Å². The molecule has 0 aliphatic carbocycles. The smallest absolute Gasteiger partial charge is 0.257 e. The van der Waals surface area contributed by atoms with Crippen LogP contribution in [0.25, 0.3) is 16.3 Å². The third-order valence-corrected chi connectivity index (χ3v) is 4.74. The number of rotatable bonds is 3. The molecule has 0 spiro atoms. The Balaban J connectivity index is 2.04. The lowest BCUT2D eigenvalue weighted by Gasteiger charge is -2.04. The second-order valence-corrected chi connectivity index (χ2v) is 5.91.